The fraction of sp³-hybridized carbons (Fsp3) is 0.667. The van der Waals surface area contributed by atoms with Gasteiger partial charge in [-0.25, -0.2) is 0 Å². The molecule has 20 heavy (non-hydrogen) atoms. The van der Waals surface area contributed by atoms with Crippen molar-refractivity contribution in [3.05, 3.63) is 35.4 Å². The van der Waals surface area contributed by atoms with Gasteiger partial charge in [-0.2, -0.15) is 0 Å². The van der Waals surface area contributed by atoms with Crippen LogP contribution in [0.4, 0.5) is 0 Å². The van der Waals surface area contributed by atoms with Crippen LogP contribution >= 0.6 is 0 Å². The van der Waals surface area contributed by atoms with Gasteiger partial charge >= 0.3 is 0 Å². The van der Waals surface area contributed by atoms with E-state index in [-0.39, 0.29) is 0 Å². The van der Waals surface area contributed by atoms with Gasteiger partial charge in [-0.05, 0) is 56.2 Å². The van der Waals surface area contributed by atoms with Crippen LogP contribution in [0.5, 0.6) is 0 Å². The Kier molecular flexibility index (Phi) is 3.64. The van der Waals surface area contributed by atoms with Crippen molar-refractivity contribution in [1.29, 1.82) is 0 Å². The molecule has 0 aliphatic carbocycles. The van der Waals surface area contributed by atoms with Crippen molar-refractivity contribution in [2.75, 3.05) is 7.05 Å². The van der Waals surface area contributed by atoms with Gasteiger partial charge in [-0.15, -0.1) is 0 Å². The Morgan fingerprint density at radius 3 is 2.20 bits per heavy atom. The Balaban J connectivity index is 1.78. The van der Waals surface area contributed by atoms with E-state index in [9.17, 15) is 5.11 Å². The van der Waals surface area contributed by atoms with E-state index in [0.29, 0.717) is 18.0 Å². The van der Waals surface area contributed by atoms with E-state index in [4.69, 9.17) is 0 Å². The second-order valence-electron chi connectivity index (χ2n) is 7.29. The van der Waals surface area contributed by atoms with E-state index in [1.165, 1.54) is 18.4 Å². The van der Waals surface area contributed by atoms with Crippen molar-refractivity contribution < 1.29 is 5.11 Å². The number of hydrogen-bond acceptors (Lipinski definition) is 2. The van der Waals surface area contributed by atoms with Crippen molar-refractivity contribution in [3.8, 4) is 0 Å². The highest BCUT2D eigenvalue weighted by molar-refractivity contribution is 5.29. The van der Waals surface area contributed by atoms with E-state index >= 15 is 0 Å². The van der Waals surface area contributed by atoms with Crippen molar-refractivity contribution >= 4 is 0 Å². The third kappa shape index (κ3) is 2.51. The Labute approximate surface area is 122 Å². The van der Waals surface area contributed by atoms with Crippen LogP contribution in [0.15, 0.2) is 24.3 Å². The van der Waals surface area contributed by atoms with Crippen LogP contribution in [-0.2, 0) is 12.0 Å². The van der Waals surface area contributed by atoms with Crippen molar-refractivity contribution in [3.63, 3.8) is 0 Å². The lowest BCUT2D eigenvalue weighted by atomic mass is 9.80. The standard InChI is InChI=1S/C18H27NO/c1-13(2)10-14-4-6-15(7-5-14)18(20)11-16-8-9-17(12-18)19(16)3/h4-7,13,16-17,20H,8-12H2,1-3H3. The first-order valence-corrected chi connectivity index (χ1v) is 8.02. The zero-order valence-corrected chi connectivity index (χ0v) is 13.0. The van der Waals surface area contributed by atoms with Crippen LogP contribution < -0.4 is 0 Å². The Morgan fingerprint density at radius 2 is 1.70 bits per heavy atom. The molecule has 2 nitrogen and oxygen atoms in total. The van der Waals surface area contributed by atoms with Crippen molar-refractivity contribution in [1.82, 2.24) is 4.90 Å². The molecular weight excluding hydrogens is 246 g/mol. The maximum Gasteiger partial charge on any atom is 0.0926 e. The maximum absolute atomic E-state index is 11.1. The molecule has 1 aromatic carbocycles. The highest BCUT2D eigenvalue weighted by Crippen LogP contribution is 2.44. The van der Waals surface area contributed by atoms with E-state index in [2.05, 4.69) is 50.1 Å². The molecule has 2 aliphatic heterocycles. The smallest absolute Gasteiger partial charge is 0.0926 e. The van der Waals surface area contributed by atoms with Gasteiger partial charge in [-0.1, -0.05) is 38.1 Å². The summed E-state index contributed by atoms with van der Waals surface area (Å²) in [5.41, 5.74) is 1.90. The van der Waals surface area contributed by atoms with Gasteiger partial charge in [0.05, 0.1) is 5.60 Å². The zero-order chi connectivity index (χ0) is 14.3. The molecule has 0 amide bonds. The van der Waals surface area contributed by atoms with Crippen LogP contribution in [0.3, 0.4) is 0 Å². The number of aliphatic hydroxyl groups is 1. The molecule has 0 saturated carbocycles. The molecule has 2 aliphatic rings. The predicted molar refractivity (Wildman–Crippen MR) is 82.7 cm³/mol. The minimum Gasteiger partial charge on any atom is -0.385 e. The summed E-state index contributed by atoms with van der Waals surface area (Å²) in [4.78, 5) is 2.47. The second-order valence-corrected chi connectivity index (χ2v) is 7.29. The molecule has 2 saturated heterocycles. The van der Waals surface area contributed by atoms with Crippen LogP contribution in [0, 0.1) is 5.92 Å². The van der Waals surface area contributed by atoms with E-state index < -0.39 is 5.60 Å². The second kappa shape index (κ2) is 5.16. The molecule has 0 spiro atoms. The minimum atomic E-state index is -0.602. The molecular formula is C18H27NO. The topological polar surface area (TPSA) is 23.5 Å². The molecule has 0 aromatic heterocycles. The van der Waals surface area contributed by atoms with Crippen molar-refractivity contribution in [2.45, 2.75) is 63.6 Å². The molecule has 2 fully saturated rings. The number of rotatable bonds is 3. The van der Waals surface area contributed by atoms with Crippen LogP contribution in [0.1, 0.15) is 50.7 Å². The molecule has 3 rings (SSSR count). The van der Waals surface area contributed by atoms with Gasteiger partial charge in [0.15, 0.2) is 0 Å². The maximum atomic E-state index is 11.1. The molecule has 2 heterocycles. The molecule has 2 unspecified atom stereocenters. The van der Waals surface area contributed by atoms with Crippen LogP contribution in [0.25, 0.3) is 0 Å². The zero-order valence-electron chi connectivity index (χ0n) is 13.0. The number of benzene rings is 1. The largest absolute Gasteiger partial charge is 0.385 e. The fourth-order valence-electron chi connectivity index (χ4n) is 4.10. The lowest BCUT2D eigenvalue weighted by Gasteiger charge is -2.42. The third-order valence-corrected chi connectivity index (χ3v) is 5.27. The Morgan fingerprint density at radius 1 is 1.15 bits per heavy atom. The average molecular weight is 273 g/mol. The SMILES string of the molecule is CC(C)Cc1ccc(C2(O)CC3CCC(C2)N3C)cc1. The molecule has 0 radical (unpaired) electrons. The molecule has 2 bridgehead atoms. The highest BCUT2D eigenvalue weighted by Gasteiger charge is 2.46. The Hall–Kier alpha value is -0.860. The number of hydrogen-bond donors (Lipinski definition) is 1. The van der Waals surface area contributed by atoms with Crippen LogP contribution in [0.2, 0.25) is 0 Å². The summed E-state index contributed by atoms with van der Waals surface area (Å²) in [5.74, 6) is 0.683. The first-order valence-electron chi connectivity index (χ1n) is 8.02. The van der Waals surface area contributed by atoms with Gasteiger partial charge in [0.2, 0.25) is 0 Å². The summed E-state index contributed by atoms with van der Waals surface area (Å²) in [7, 11) is 2.22. The summed E-state index contributed by atoms with van der Waals surface area (Å²) in [6, 6.07) is 9.84. The highest BCUT2D eigenvalue weighted by atomic mass is 16.3. The predicted octanol–water partition coefficient (Wildman–Crippen LogP) is 3.33. The quantitative estimate of drug-likeness (QED) is 0.913. The lowest BCUT2D eigenvalue weighted by Crippen LogP contribution is -2.47. The number of piperidine rings is 1. The summed E-state index contributed by atoms with van der Waals surface area (Å²) in [5, 5.41) is 11.1. The average Bonchev–Trinajstić information content (AvgIpc) is 2.62. The van der Waals surface area contributed by atoms with Gasteiger partial charge in [0.25, 0.3) is 0 Å². The lowest BCUT2D eigenvalue weighted by molar-refractivity contribution is -0.0493. The summed E-state index contributed by atoms with van der Waals surface area (Å²) >= 11 is 0. The first kappa shape index (κ1) is 14.1. The summed E-state index contributed by atoms with van der Waals surface area (Å²) in [6.07, 6.45) is 5.39. The number of nitrogens with zero attached hydrogens (tertiary/aromatic N) is 1. The van der Waals surface area contributed by atoms with Gasteiger partial charge in [0, 0.05) is 12.1 Å². The number of fused-ring (bicyclic) bond motifs is 2. The van der Waals surface area contributed by atoms with E-state index in [1.807, 2.05) is 0 Å². The minimum absolute atomic E-state index is 0.564. The van der Waals surface area contributed by atoms with Gasteiger partial charge < -0.3 is 10.0 Å². The monoisotopic (exact) mass is 273 g/mol. The first-order chi connectivity index (χ1) is 9.48. The van der Waals surface area contributed by atoms with Gasteiger partial charge in [0.1, 0.15) is 0 Å². The molecule has 2 atom stereocenters. The van der Waals surface area contributed by atoms with E-state index in [1.54, 1.807) is 0 Å². The van der Waals surface area contributed by atoms with Crippen LogP contribution in [-0.4, -0.2) is 29.1 Å². The fourth-order valence-corrected chi connectivity index (χ4v) is 4.10. The molecule has 110 valence electrons. The summed E-state index contributed by atoms with van der Waals surface area (Å²) in [6.45, 7) is 4.49. The molecule has 2 heteroatoms. The third-order valence-electron chi connectivity index (χ3n) is 5.27. The summed E-state index contributed by atoms with van der Waals surface area (Å²) < 4.78 is 0. The van der Waals surface area contributed by atoms with E-state index in [0.717, 1.165) is 24.8 Å². The molecule has 1 N–H and O–H groups in total. The Bertz CT molecular complexity index is 451. The normalized spacial score (nSPS) is 33.9. The molecule has 1 aromatic rings. The van der Waals surface area contributed by atoms with Gasteiger partial charge in [-0.3, -0.25) is 0 Å². The van der Waals surface area contributed by atoms with Crippen molar-refractivity contribution in [2.24, 2.45) is 5.92 Å².